The molecule has 0 unspecified atom stereocenters. The highest BCUT2D eigenvalue weighted by molar-refractivity contribution is 6.15. The molecule has 3 rings (SSSR count). The Hall–Kier alpha value is -2.69. The van der Waals surface area contributed by atoms with Crippen molar-refractivity contribution in [1.82, 2.24) is 4.40 Å². The zero-order valence-electron chi connectivity index (χ0n) is 9.29. The molecule has 1 aromatic carbocycles. The van der Waals surface area contributed by atoms with E-state index in [1.165, 1.54) is 12.1 Å². The maximum absolute atomic E-state index is 11.6. The molecular formula is C13H10N2O3. The Bertz CT molecular complexity index is 790. The second kappa shape index (κ2) is 3.40. The van der Waals surface area contributed by atoms with Crippen LogP contribution in [0.15, 0.2) is 36.5 Å². The number of aromatic nitrogens is 1. The molecular weight excluding hydrogens is 232 g/mol. The molecule has 5 nitrogen and oxygen atoms in total. The largest absolute Gasteiger partial charge is 0.508 e. The first-order chi connectivity index (χ1) is 8.59. The molecule has 90 valence electrons. The van der Waals surface area contributed by atoms with Crippen molar-refractivity contribution < 1.29 is 15.0 Å². The summed E-state index contributed by atoms with van der Waals surface area (Å²) in [7, 11) is 0. The van der Waals surface area contributed by atoms with Crippen molar-refractivity contribution in [2.45, 2.75) is 0 Å². The van der Waals surface area contributed by atoms with Crippen LogP contribution in [0.1, 0.15) is 10.4 Å². The molecule has 0 bridgehead atoms. The molecule has 0 saturated heterocycles. The van der Waals surface area contributed by atoms with Gasteiger partial charge in [-0.2, -0.15) is 0 Å². The van der Waals surface area contributed by atoms with E-state index < -0.39 is 5.91 Å². The summed E-state index contributed by atoms with van der Waals surface area (Å²) in [6, 6.07) is 7.97. The van der Waals surface area contributed by atoms with Gasteiger partial charge < -0.3 is 20.3 Å². The lowest BCUT2D eigenvalue weighted by atomic mass is 10.1. The number of aromatic hydroxyl groups is 2. The predicted molar refractivity (Wildman–Crippen MR) is 66.8 cm³/mol. The first kappa shape index (κ1) is 10.5. The van der Waals surface area contributed by atoms with Crippen LogP contribution < -0.4 is 5.73 Å². The Kier molecular flexibility index (Phi) is 1.98. The summed E-state index contributed by atoms with van der Waals surface area (Å²) in [5, 5.41) is 19.8. The predicted octanol–water partition coefficient (Wildman–Crippen LogP) is 1.60. The van der Waals surface area contributed by atoms with Crippen LogP contribution in [0, 0.1) is 0 Å². The second-order valence-corrected chi connectivity index (χ2v) is 4.05. The molecule has 18 heavy (non-hydrogen) atoms. The van der Waals surface area contributed by atoms with E-state index in [0.29, 0.717) is 16.4 Å². The third kappa shape index (κ3) is 1.24. The minimum atomic E-state index is -0.616. The Labute approximate surface area is 102 Å². The highest BCUT2D eigenvalue weighted by Gasteiger charge is 2.19. The van der Waals surface area contributed by atoms with Crippen molar-refractivity contribution >= 4 is 22.3 Å². The first-order valence-corrected chi connectivity index (χ1v) is 5.34. The lowest BCUT2D eigenvalue weighted by Crippen LogP contribution is -2.10. The molecule has 1 amide bonds. The fraction of sp³-hybridized carbons (Fsp3) is 0. The van der Waals surface area contributed by atoms with E-state index in [2.05, 4.69) is 0 Å². The van der Waals surface area contributed by atoms with Gasteiger partial charge in [-0.25, -0.2) is 0 Å². The van der Waals surface area contributed by atoms with E-state index in [4.69, 9.17) is 5.73 Å². The number of carbonyl (C=O) groups excluding carboxylic acids is 1. The molecule has 0 aliphatic rings. The third-order valence-corrected chi connectivity index (χ3v) is 2.95. The quantitative estimate of drug-likeness (QED) is 0.605. The van der Waals surface area contributed by atoms with Crippen molar-refractivity contribution in [3.63, 3.8) is 0 Å². The minimum absolute atomic E-state index is 0.0701. The Morgan fingerprint density at radius 3 is 2.67 bits per heavy atom. The molecule has 2 heterocycles. The summed E-state index contributed by atoms with van der Waals surface area (Å²) in [5.74, 6) is -0.850. The number of pyridine rings is 1. The number of rotatable bonds is 1. The van der Waals surface area contributed by atoms with Gasteiger partial charge in [0, 0.05) is 18.3 Å². The lowest BCUT2D eigenvalue weighted by molar-refractivity contribution is 0.100. The number of fused-ring (bicyclic) bond motifs is 3. The second-order valence-electron chi connectivity index (χ2n) is 4.05. The first-order valence-electron chi connectivity index (χ1n) is 5.34. The van der Waals surface area contributed by atoms with Gasteiger partial charge in [-0.05, 0) is 12.1 Å². The average molecular weight is 242 g/mol. The van der Waals surface area contributed by atoms with E-state index >= 15 is 0 Å². The van der Waals surface area contributed by atoms with Crippen LogP contribution in [0.3, 0.4) is 0 Å². The number of hydrogen-bond donors (Lipinski definition) is 3. The van der Waals surface area contributed by atoms with E-state index in [1.807, 2.05) is 0 Å². The molecule has 5 heteroatoms. The zero-order chi connectivity index (χ0) is 12.9. The van der Waals surface area contributed by atoms with Crippen LogP contribution in [-0.2, 0) is 0 Å². The molecule has 0 saturated carbocycles. The Morgan fingerprint density at radius 1 is 1.17 bits per heavy atom. The summed E-state index contributed by atoms with van der Waals surface area (Å²) < 4.78 is 1.70. The monoisotopic (exact) mass is 242 g/mol. The van der Waals surface area contributed by atoms with Crippen molar-refractivity contribution in [1.29, 1.82) is 0 Å². The van der Waals surface area contributed by atoms with E-state index in [9.17, 15) is 15.0 Å². The van der Waals surface area contributed by atoms with Crippen molar-refractivity contribution in [2.75, 3.05) is 0 Å². The standard InChI is InChI=1S/C13H10N2O3/c14-13(18)12-8-3-1-2-4-15(8)9-5-7(16)6-10(17)11(9)12/h1-6,16-17H,(H2,14,18). The Balaban J connectivity index is 2.67. The molecule has 0 aliphatic carbocycles. The molecule has 4 N–H and O–H groups in total. The molecule has 0 aliphatic heterocycles. The van der Waals surface area contributed by atoms with Gasteiger partial charge in [-0.15, -0.1) is 0 Å². The van der Waals surface area contributed by atoms with Gasteiger partial charge in [-0.3, -0.25) is 4.79 Å². The van der Waals surface area contributed by atoms with Gasteiger partial charge in [0.05, 0.1) is 22.0 Å². The van der Waals surface area contributed by atoms with Crippen molar-refractivity contribution in [3.05, 3.63) is 42.1 Å². The van der Waals surface area contributed by atoms with Gasteiger partial charge >= 0.3 is 0 Å². The lowest BCUT2D eigenvalue weighted by Gasteiger charge is -1.99. The normalized spacial score (nSPS) is 11.1. The molecule has 0 spiro atoms. The minimum Gasteiger partial charge on any atom is -0.508 e. The van der Waals surface area contributed by atoms with Gasteiger partial charge in [0.15, 0.2) is 0 Å². The number of nitrogens with two attached hydrogens (primary N) is 1. The number of phenolic OH excluding ortho intramolecular Hbond substituents is 2. The fourth-order valence-electron chi connectivity index (χ4n) is 2.28. The van der Waals surface area contributed by atoms with Crippen LogP contribution in [0.2, 0.25) is 0 Å². The maximum atomic E-state index is 11.6. The van der Waals surface area contributed by atoms with Crippen molar-refractivity contribution in [2.24, 2.45) is 5.73 Å². The Morgan fingerprint density at radius 2 is 1.94 bits per heavy atom. The summed E-state index contributed by atoms with van der Waals surface area (Å²) in [4.78, 5) is 11.6. The topological polar surface area (TPSA) is 88.0 Å². The number of nitrogens with zero attached hydrogens (tertiary/aromatic N) is 1. The van der Waals surface area contributed by atoms with Crippen molar-refractivity contribution in [3.8, 4) is 11.5 Å². The van der Waals surface area contributed by atoms with Gasteiger partial charge in [-0.1, -0.05) is 6.07 Å². The van der Waals surface area contributed by atoms with E-state index in [-0.39, 0.29) is 17.1 Å². The van der Waals surface area contributed by atoms with Gasteiger partial charge in [0.25, 0.3) is 5.91 Å². The van der Waals surface area contributed by atoms with E-state index in [1.54, 1.807) is 28.8 Å². The van der Waals surface area contributed by atoms with Crippen LogP contribution in [0.4, 0.5) is 0 Å². The highest BCUT2D eigenvalue weighted by atomic mass is 16.3. The van der Waals surface area contributed by atoms with E-state index in [0.717, 1.165) is 0 Å². The summed E-state index contributed by atoms with van der Waals surface area (Å²) in [6.07, 6.45) is 1.74. The number of benzene rings is 1. The summed E-state index contributed by atoms with van der Waals surface area (Å²) >= 11 is 0. The van der Waals surface area contributed by atoms with Crippen LogP contribution in [0.25, 0.3) is 16.4 Å². The van der Waals surface area contributed by atoms with Crippen LogP contribution >= 0.6 is 0 Å². The summed E-state index contributed by atoms with van der Waals surface area (Å²) in [6.45, 7) is 0. The smallest absolute Gasteiger partial charge is 0.251 e. The number of phenols is 2. The molecule has 0 atom stereocenters. The summed E-state index contributed by atoms with van der Waals surface area (Å²) in [5.41, 5.74) is 6.76. The average Bonchev–Trinajstić information content (AvgIpc) is 2.64. The molecule has 3 aromatic rings. The molecule has 2 aromatic heterocycles. The van der Waals surface area contributed by atoms with Gasteiger partial charge in [0.1, 0.15) is 11.5 Å². The number of primary amides is 1. The number of carbonyl (C=O) groups is 1. The number of hydrogen-bond acceptors (Lipinski definition) is 3. The highest BCUT2D eigenvalue weighted by Crippen LogP contribution is 2.35. The third-order valence-electron chi connectivity index (χ3n) is 2.95. The van der Waals surface area contributed by atoms with Crippen LogP contribution in [-0.4, -0.2) is 20.5 Å². The van der Waals surface area contributed by atoms with Gasteiger partial charge in [0.2, 0.25) is 0 Å². The fourth-order valence-corrected chi connectivity index (χ4v) is 2.28. The SMILES string of the molecule is NC(=O)c1c2c(O)cc(O)cc2n2ccccc12. The molecule has 0 radical (unpaired) electrons. The maximum Gasteiger partial charge on any atom is 0.251 e. The zero-order valence-corrected chi connectivity index (χ0v) is 9.29. The number of amides is 1. The van der Waals surface area contributed by atoms with Crippen LogP contribution in [0.5, 0.6) is 11.5 Å². The molecule has 0 fully saturated rings.